The van der Waals surface area contributed by atoms with Crippen molar-refractivity contribution < 1.29 is 0 Å². The molecule has 0 atom stereocenters. The molecule has 5 heteroatoms. The summed E-state index contributed by atoms with van der Waals surface area (Å²) in [4.78, 5) is 10.7. The lowest BCUT2D eigenvalue weighted by atomic mass is 10.1. The van der Waals surface area contributed by atoms with Crippen LogP contribution in [0.25, 0.3) is 97.9 Å². The second-order valence-corrected chi connectivity index (χ2v) is 14.1. The summed E-state index contributed by atoms with van der Waals surface area (Å²) in [5.41, 5.74) is 9.46. The van der Waals surface area contributed by atoms with E-state index in [1.807, 2.05) is 23.5 Å². The molecule has 0 bridgehead atoms. The Morgan fingerprint density at radius 3 is 1.53 bits per heavy atom. The maximum atomic E-state index is 5.35. The fraction of sp³-hybridized carbons (Fsp3) is 0. The Morgan fingerprint density at radius 2 is 0.882 bits per heavy atom. The number of fused-ring (bicyclic) bond motifs is 10. The van der Waals surface area contributed by atoms with E-state index >= 15 is 0 Å². The van der Waals surface area contributed by atoms with Gasteiger partial charge in [0.2, 0.25) is 5.95 Å². The van der Waals surface area contributed by atoms with Crippen LogP contribution in [0.3, 0.4) is 0 Å². The third-order valence-corrected chi connectivity index (χ3v) is 11.3. The van der Waals surface area contributed by atoms with Crippen LogP contribution in [0.4, 0.5) is 0 Å². The maximum absolute atomic E-state index is 5.35. The van der Waals surface area contributed by atoms with E-state index in [0.29, 0.717) is 5.95 Å². The van der Waals surface area contributed by atoms with Crippen LogP contribution in [-0.2, 0) is 0 Å². The molecule has 0 aliphatic carbocycles. The smallest absolute Gasteiger partial charge is 0.235 e. The van der Waals surface area contributed by atoms with Gasteiger partial charge in [-0.2, -0.15) is 0 Å². The number of para-hydroxylation sites is 2. The van der Waals surface area contributed by atoms with Gasteiger partial charge in [-0.25, -0.2) is 9.97 Å². The molecule has 0 aliphatic rings. The molecule has 4 heterocycles. The van der Waals surface area contributed by atoms with E-state index < -0.39 is 0 Å². The molecular formula is C46H28N4S. The van der Waals surface area contributed by atoms with Gasteiger partial charge in [0.05, 0.1) is 33.5 Å². The highest BCUT2D eigenvalue weighted by molar-refractivity contribution is 7.25. The third-order valence-electron chi connectivity index (χ3n) is 10.1. The van der Waals surface area contributed by atoms with Crippen LogP contribution in [0.1, 0.15) is 0 Å². The molecule has 0 aliphatic heterocycles. The Labute approximate surface area is 297 Å². The molecule has 0 spiro atoms. The number of hydrogen-bond donors (Lipinski definition) is 0. The van der Waals surface area contributed by atoms with Gasteiger partial charge in [-0.05, 0) is 42.5 Å². The van der Waals surface area contributed by atoms with Crippen molar-refractivity contribution in [3.63, 3.8) is 0 Å². The second kappa shape index (κ2) is 11.0. The van der Waals surface area contributed by atoms with Crippen molar-refractivity contribution >= 4 is 75.1 Å². The summed E-state index contributed by atoms with van der Waals surface area (Å²) in [6.45, 7) is 0. The maximum Gasteiger partial charge on any atom is 0.235 e. The summed E-state index contributed by atoms with van der Waals surface area (Å²) in [6, 6.07) is 60.5. The average molecular weight is 669 g/mol. The first-order valence-corrected chi connectivity index (χ1v) is 18.0. The summed E-state index contributed by atoms with van der Waals surface area (Å²) < 4.78 is 7.34. The van der Waals surface area contributed by atoms with Crippen molar-refractivity contribution in [2.45, 2.75) is 0 Å². The second-order valence-electron chi connectivity index (χ2n) is 13.0. The van der Waals surface area contributed by atoms with E-state index in [1.54, 1.807) is 0 Å². The van der Waals surface area contributed by atoms with E-state index in [9.17, 15) is 0 Å². The van der Waals surface area contributed by atoms with Crippen LogP contribution in [0.15, 0.2) is 170 Å². The first-order valence-electron chi connectivity index (χ1n) is 17.2. The van der Waals surface area contributed by atoms with Gasteiger partial charge < -0.3 is 4.57 Å². The topological polar surface area (TPSA) is 35.6 Å². The van der Waals surface area contributed by atoms with E-state index in [2.05, 4.69) is 167 Å². The lowest BCUT2D eigenvalue weighted by Gasteiger charge is -2.14. The molecule has 0 amide bonds. The van der Waals surface area contributed by atoms with Gasteiger partial charge in [0.15, 0.2) is 0 Å². The zero-order chi connectivity index (χ0) is 33.5. The van der Waals surface area contributed by atoms with Crippen molar-refractivity contribution in [3.8, 4) is 34.2 Å². The van der Waals surface area contributed by atoms with Crippen LogP contribution in [0, 0.1) is 0 Å². The normalized spacial score (nSPS) is 11.9. The Morgan fingerprint density at radius 1 is 0.373 bits per heavy atom. The van der Waals surface area contributed by atoms with Gasteiger partial charge in [0.25, 0.3) is 0 Å². The van der Waals surface area contributed by atoms with Crippen molar-refractivity contribution in [1.29, 1.82) is 0 Å². The molecule has 0 fully saturated rings. The summed E-state index contributed by atoms with van der Waals surface area (Å²) in [5, 5.41) is 7.31. The minimum Gasteiger partial charge on any atom is -0.307 e. The van der Waals surface area contributed by atoms with Gasteiger partial charge in [-0.3, -0.25) is 4.57 Å². The van der Waals surface area contributed by atoms with Crippen molar-refractivity contribution in [1.82, 2.24) is 19.1 Å². The van der Waals surface area contributed by atoms with E-state index in [0.717, 1.165) is 44.8 Å². The summed E-state index contributed by atoms with van der Waals surface area (Å²) in [5.74, 6) is 0.644. The predicted octanol–water partition coefficient (Wildman–Crippen LogP) is 12.4. The quantitative estimate of drug-likeness (QED) is 0.187. The lowest BCUT2D eigenvalue weighted by Crippen LogP contribution is -2.05. The fourth-order valence-electron chi connectivity index (χ4n) is 7.88. The zero-order valence-corrected chi connectivity index (χ0v) is 28.2. The number of thiophene rings is 1. The fourth-order valence-corrected chi connectivity index (χ4v) is 8.96. The molecule has 0 saturated carbocycles. The van der Waals surface area contributed by atoms with Gasteiger partial charge in [-0.1, -0.05) is 127 Å². The monoisotopic (exact) mass is 668 g/mol. The van der Waals surface area contributed by atoms with Crippen LogP contribution in [0.5, 0.6) is 0 Å². The average Bonchev–Trinajstić information content (AvgIpc) is 3.86. The molecule has 238 valence electrons. The first kappa shape index (κ1) is 28.3. The molecule has 11 aromatic rings. The lowest BCUT2D eigenvalue weighted by molar-refractivity contribution is 0.995. The van der Waals surface area contributed by atoms with E-state index in [-0.39, 0.29) is 0 Å². The minimum atomic E-state index is 0.644. The largest absolute Gasteiger partial charge is 0.307 e. The molecule has 0 radical (unpaired) electrons. The standard InChI is InChI=1S/C46H28N4S/c1-3-13-29(14-4-1)38-28-39(30-15-5-2-6-16-30)48-46(47-38)50-41-21-11-8-18-33(41)36-25-24-35-32-17-7-10-20-40(32)49(44(35)45(36)50)31-23-26-43-37(27-31)34-19-9-12-22-42(34)51-43/h1-28H. The van der Waals surface area contributed by atoms with Crippen molar-refractivity contribution in [2.24, 2.45) is 0 Å². The predicted molar refractivity (Wildman–Crippen MR) is 214 cm³/mol. The summed E-state index contributed by atoms with van der Waals surface area (Å²) in [6.07, 6.45) is 0. The van der Waals surface area contributed by atoms with Crippen LogP contribution < -0.4 is 0 Å². The van der Waals surface area contributed by atoms with Crippen LogP contribution in [-0.4, -0.2) is 19.1 Å². The van der Waals surface area contributed by atoms with Crippen LogP contribution in [0.2, 0.25) is 0 Å². The van der Waals surface area contributed by atoms with Crippen molar-refractivity contribution in [3.05, 3.63) is 170 Å². The van der Waals surface area contributed by atoms with Gasteiger partial charge >= 0.3 is 0 Å². The zero-order valence-electron chi connectivity index (χ0n) is 27.4. The Bertz CT molecular complexity index is 3080. The molecule has 51 heavy (non-hydrogen) atoms. The molecular weight excluding hydrogens is 641 g/mol. The first-order chi connectivity index (χ1) is 25.3. The number of nitrogens with zero attached hydrogens (tertiary/aromatic N) is 4. The van der Waals surface area contributed by atoms with Gasteiger partial charge in [-0.15, -0.1) is 11.3 Å². The number of benzene rings is 7. The van der Waals surface area contributed by atoms with Crippen molar-refractivity contribution in [2.75, 3.05) is 0 Å². The molecule has 4 aromatic heterocycles. The molecule has 4 nitrogen and oxygen atoms in total. The summed E-state index contributed by atoms with van der Waals surface area (Å²) in [7, 11) is 0. The number of hydrogen-bond acceptors (Lipinski definition) is 3. The molecule has 7 aromatic carbocycles. The SMILES string of the molecule is c1ccc(-c2cc(-c3ccccc3)nc(-n3c4ccccc4c4ccc5c6ccccc6n(-c6ccc7sc8ccccc8c7c6)c5c43)n2)cc1. The van der Waals surface area contributed by atoms with Gasteiger partial charge in [0.1, 0.15) is 0 Å². The van der Waals surface area contributed by atoms with E-state index in [1.165, 1.54) is 47.2 Å². The number of aromatic nitrogens is 4. The van der Waals surface area contributed by atoms with Crippen LogP contribution >= 0.6 is 11.3 Å². The highest BCUT2D eigenvalue weighted by Gasteiger charge is 2.23. The highest BCUT2D eigenvalue weighted by Crippen LogP contribution is 2.43. The van der Waals surface area contributed by atoms with E-state index in [4.69, 9.17) is 9.97 Å². The number of rotatable bonds is 4. The minimum absolute atomic E-state index is 0.644. The molecule has 0 N–H and O–H groups in total. The Hall–Kier alpha value is -6.56. The van der Waals surface area contributed by atoms with Gasteiger partial charge in [0, 0.05) is 58.5 Å². The molecule has 0 unspecified atom stereocenters. The summed E-state index contributed by atoms with van der Waals surface area (Å²) >= 11 is 1.85. The highest BCUT2D eigenvalue weighted by atomic mass is 32.1. The Balaban J connectivity index is 1.30. The molecule has 11 rings (SSSR count). The molecule has 0 saturated heterocycles. The third kappa shape index (κ3) is 4.25. The Kier molecular flexibility index (Phi) is 6.09.